The van der Waals surface area contributed by atoms with Crippen LogP contribution in [-0.2, 0) is 9.53 Å². The maximum Gasteiger partial charge on any atom is 0.233 e. The minimum absolute atomic E-state index is 0. The molecule has 2 N–H and O–H groups in total. The van der Waals surface area contributed by atoms with Gasteiger partial charge in [-0.2, -0.15) is 0 Å². The molecule has 1 amide bonds. The number of methoxy groups -OCH3 is 1. The maximum atomic E-state index is 12.3. The van der Waals surface area contributed by atoms with E-state index in [2.05, 4.69) is 10.6 Å². The van der Waals surface area contributed by atoms with Crippen molar-refractivity contribution in [1.29, 1.82) is 0 Å². The Morgan fingerprint density at radius 3 is 2.61 bits per heavy atom. The van der Waals surface area contributed by atoms with Gasteiger partial charge in [-0.15, -0.1) is 24.2 Å². The van der Waals surface area contributed by atoms with Crippen LogP contribution in [0.4, 0.5) is 0 Å². The van der Waals surface area contributed by atoms with Gasteiger partial charge in [0.25, 0.3) is 0 Å². The Balaban J connectivity index is 0.00000264. The molecule has 0 spiro atoms. The van der Waals surface area contributed by atoms with Gasteiger partial charge in [0.05, 0.1) is 11.9 Å². The highest BCUT2D eigenvalue weighted by Crippen LogP contribution is 2.29. The molecule has 1 aromatic carbocycles. The van der Waals surface area contributed by atoms with Gasteiger partial charge in [-0.25, -0.2) is 0 Å². The van der Waals surface area contributed by atoms with E-state index in [-0.39, 0.29) is 29.0 Å². The standard InChI is InChI=1S/C17H26N2O2S.ClH/c1-14(22-15-6-4-3-5-7-15)16(20)19-12-17(13-21-2)8-10-18-11-9-17;/h3-7,14,18H,8-13H2,1-2H3,(H,19,20);1H. The minimum atomic E-state index is -0.0938. The fraction of sp³-hybridized carbons (Fsp3) is 0.588. The van der Waals surface area contributed by atoms with Gasteiger partial charge in [-0.05, 0) is 45.0 Å². The van der Waals surface area contributed by atoms with Crippen LogP contribution in [-0.4, -0.2) is 44.5 Å². The number of thioether (sulfide) groups is 1. The van der Waals surface area contributed by atoms with E-state index < -0.39 is 0 Å². The third-order valence-electron chi connectivity index (χ3n) is 4.18. The van der Waals surface area contributed by atoms with Crippen LogP contribution in [0.3, 0.4) is 0 Å². The number of carbonyl (C=O) groups is 1. The maximum absolute atomic E-state index is 12.3. The summed E-state index contributed by atoms with van der Waals surface area (Å²) in [6, 6.07) is 10.0. The van der Waals surface area contributed by atoms with Crippen LogP contribution < -0.4 is 10.6 Å². The van der Waals surface area contributed by atoms with Gasteiger partial charge >= 0.3 is 0 Å². The van der Waals surface area contributed by atoms with Gasteiger partial charge in [0, 0.05) is 24.0 Å². The molecule has 23 heavy (non-hydrogen) atoms. The van der Waals surface area contributed by atoms with E-state index in [1.807, 2.05) is 37.3 Å². The van der Waals surface area contributed by atoms with Crippen molar-refractivity contribution in [1.82, 2.24) is 10.6 Å². The second kappa shape index (κ2) is 10.2. The van der Waals surface area contributed by atoms with Gasteiger partial charge < -0.3 is 15.4 Å². The van der Waals surface area contributed by atoms with Gasteiger partial charge in [-0.1, -0.05) is 18.2 Å². The first kappa shape index (κ1) is 20.3. The fourth-order valence-corrected chi connectivity index (χ4v) is 3.72. The molecule has 1 aliphatic rings. The second-order valence-electron chi connectivity index (χ2n) is 5.97. The molecule has 1 aromatic rings. The van der Waals surface area contributed by atoms with Crippen LogP contribution in [0, 0.1) is 5.41 Å². The quantitative estimate of drug-likeness (QED) is 0.736. The zero-order valence-electron chi connectivity index (χ0n) is 13.8. The Labute approximate surface area is 149 Å². The van der Waals surface area contributed by atoms with E-state index in [1.165, 1.54) is 0 Å². The van der Waals surface area contributed by atoms with E-state index >= 15 is 0 Å². The van der Waals surface area contributed by atoms with E-state index in [1.54, 1.807) is 18.9 Å². The highest BCUT2D eigenvalue weighted by atomic mass is 35.5. The zero-order chi connectivity index (χ0) is 15.8. The summed E-state index contributed by atoms with van der Waals surface area (Å²) in [5.41, 5.74) is 0.0762. The summed E-state index contributed by atoms with van der Waals surface area (Å²) in [6.45, 7) is 5.34. The van der Waals surface area contributed by atoms with Crippen LogP contribution in [0.25, 0.3) is 0 Å². The zero-order valence-corrected chi connectivity index (χ0v) is 15.5. The van der Waals surface area contributed by atoms with Crippen molar-refractivity contribution in [3.05, 3.63) is 30.3 Å². The third kappa shape index (κ3) is 6.34. The Morgan fingerprint density at radius 2 is 2.00 bits per heavy atom. The van der Waals surface area contributed by atoms with Crippen LogP contribution in [0.1, 0.15) is 19.8 Å². The minimum Gasteiger partial charge on any atom is -0.384 e. The van der Waals surface area contributed by atoms with E-state index in [4.69, 9.17) is 4.74 Å². The number of piperidine rings is 1. The Kier molecular flexibility index (Phi) is 8.99. The second-order valence-corrected chi connectivity index (χ2v) is 7.39. The molecule has 1 aliphatic heterocycles. The average Bonchev–Trinajstić information content (AvgIpc) is 2.55. The normalized spacial score (nSPS) is 17.8. The largest absolute Gasteiger partial charge is 0.384 e. The molecule has 130 valence electrons. The molecule has 1 atom stereocenters. The Bertz CT molecular complexity index is 461. The molecule has 0 aliphatic carbocycles. The topological polar surface area (TPSA) is 50.4 Å². The predicted octanol–water partition coefficient (Wildman–Crippen LogP) is 2.72. The lowest BCUT2D eigenvalue weighted by Gasteiger charge is -2.37. The lowest BCUT2D eigenvalue weighted by atomic mass is 9.79. The van der Waals surface area contributed by atoms with Crippen LogP contribution >= 0.6 is 24.2 Å². The summed E-state index contributed by atoms with van der Waals surface area (Å²) in [6.07, 6.45) is 2.09. The highest BCUT2D eigenvalue weighted by Gasteiger charge is 2.32. The number of hydrogen-bond donors (Lipinski definition) is 2. The summed E-state index contributed by atoms with van der Waals surface area (Å²) < 4.78 is 5.39. The van der Waals surface area contributed by atoms with Crippen molar-refractivity contribution >= 4 is 30.1 Å². The van der Waals surface area contributed by atoms with Crippen molar-refractivity contribution in [2.45, 2.75) is 29.9 Å². The average molecular weight is 359 g/mol. The molecule has 1 saturated heterocycles. The molecular weight excluding hydrogens is 332 g/mol. The molecule has 0 radical (unpaired) electrons. The number of amides is 1. The fourth-order valence-electron chi connectivity index (χ4n) is 2.81. The van der Waals surface area contributed by atoms with Crippen LogP contribution in [0.2, 0.25) is 0 Å². The molecule has 1 heterocycles. The third-order valence-corrected chi connectivity index (χ3v) is 5.29. The molecule has 2 rings (SSSR count). The number of nitrogens with one attached hydrogen (secondary N) is 2. The van der Waals surface area contributed by atoms with Crippen molar-refractivity contribution in [3.8, 4) is 0 Å². The monoisotopic (exact) mass is 358 g/mol. The number of benzene rings is 1. The summed E-state index contributed by atoms with van der Waals surface area (Å²) in [5.74, 6) is 0.0999. The van der Waals surface area contributed by atoms with Crippen molar-refractivity contribution < 1.29 is 9.53 Å². The van der Waals surface area contributed by atoms with E-state index in [0.29, 0.717) is 13.2 Å². The Hall–Kier alpha value is -0.750. The molecule has 1 unspecified atom stereocenters. The summed E-state index contributed by atoms with van der Waals surface area (Å²) in [5, 5.41) is 6.41. The number of hydrogen-bond acceptors (Lipinski definition) is 4. The van der Waals surface area contributed by atoms with Crippen LogP contribution in [0.15, 0.2) is 35.2 Å². The predicted molar refractivity (Wildman–Crippen MR) is 98.4 cm³/mol. The Morgan fingerprint density at radius 1 is 1.35 bits per heavy atom. The molecule has 0 saturated carbocycles. The van der Waals surface area contributed by atoms with Gasteiger partial charge in [0.15, 0.2) is 0 Å². The summed E-state index contributed by atoms with van der Waals surface area (Å²) in [7, 11) is 1.74. The first-order chi connectivity index (χ1) is 10.7. The van der Waals surface area contributed by atoms with Crippen LogP contribution in [0.5, 0.6) is 0 Å². The first-order valence-corrected chi connectivity index (χ1v) is 8.72. The summed E-state index contributed by atoms with van der Waals surface area (Å²) in [4.78, 5) is 13.5. The van der Waals surface area contributed by atoms with Gasteiger partial charge in [0.1, 0.15) is 0 Å². The lowest BCUT2D eigenvalue weighted by Crippen LogP contribution is -2.48. The van der Waals surface area contributed by atoms with E-state index in [9.17, 15) is 4.79 Å². The smallest absolute Gasteiger partial charge is 0.233 e. The number of ether oxygens (including phenoxy) is 1. The molecule has 6 heteroatoms. The highest BCUT2D eigenvalue weighted by molar-refractivity contribution is 8.00. The summed E-state index contributed by atoms with van der Waals surface area (Å²) >= 11 is 1.59. The number of carbonyl (C=O) groups excluding carboxylic acids is 1. The molecule has 4 nitrogen and oxygen atoms in total. The van der Waals surface area contributed by atoms with E-state index in [0.717, 1.165) is 30.8 Å². The number of halogens is 1. The van der Waals surface area contributed by atoms with Crippen molar-refractivity contribution in [3.63, 3.8) is 0 Å². The first-order valence-electron chi connectivity index (χ1n) is 7.84. The molecule has 0 aromatic heterocycles. The number of rotatable bonds is 7. The van der Waals surface area contributed by atoms with Gasteiger partial charge in [-0.3, -0.25) is 4.79 Å². The molecular formula is C17H27ClN2O2S. The van der Waals surface area contributed by atoms with Crippen molar-refractivity contribution in [2.75, 3.05) is 33.4 Å². The molecule has 1 fully saturated rings. The van der Waals surface area contributed by atoms with Crippen molar-refractivity contribution in [2.24, 2.45) is 5.41 Å². The lowest BCUT2D eigenvalue weighted by molar-refractivity contribution is -0.121. The van der Waals surface area contributed by atoms with Gasteiger partial charge in [0.2, 0.25) is 5.91 Å². The molecule has 0 bridgehead atoms. The SMILES string of the molecule is COCC1(CNC(=O)C(C)Sc2ccccc2)CCNCC1.Cl.